The standard InChI is InChI=1S/C15H11NS/c1-2-6-12-11(5-1)8-9-13-15(12)16-10-4-3-7-14(16)17-13/h1-2,4-10H,3H2. The molecule has 0 atom stereocenters. The van der Waals surface area contributed by atoms with E-state index in [0.717, 1.165) is 6.42 Å². The summed E-state index contributed by atoms with van der Waals surface area (Å²) in [6, 6.07) is 13.0. The summed E-state index contributed by atoms with van der Waals surface area (Å²) in [7, 11) is 0. The number of allylic oxidation sites excluding steroid dienone is 2. The van der Waals surface area contributed by atoms with E-state index in [9.17, 15) is 0 Å². The van der Waals surface area contributed by atoms with E-state index in [1.807, 2.05) is 11.8 Å². The third kappa shape index (κ3) is 1.28. The van der Waals surface area contributed by atoms with Crippen LogP contribution in [0.15, 0.2) is 64.7 Å². The van der Waals surface area contributed by atoms with Crippen molar-refractivity contribution < 1.29 is 0 Å². The van der Waals surface area contributed by atoms with Gasteiger partial charge in [-0.1, -0.05) is 48.2 Å². The second-order valence-corrected chi connectivity index (χ2v) is 5.33. The SMILES string of the molecule is C1=CN2C(=CC1)Sc1ccc3ccccc3c12. The molecule has 0 fully saturated rings. The van der Waals surface area contributed by atoms with Crippen LogP contribution in [0, 0.1) is 0 Å². The Morgan fingerprint density at radius 2 is 2.00 bits per heavy atom. The van der Waals surface area contributed by atoms with Gasteiger partial charge in [0.25, 0.3) is 0 Å². The van der Waals surface area contributed by atoms with Gasteiger partial charge < -0.3 is 4.90 Å². The number of nitrogens with zero attached hydrogens (tertiary/aromatic N) is 1. The lowest BCUT2D eigenvalue weighted by molar-refractivity contribution is 1.17. The maximum Gasteiger partial charge on any atom is 0.0805 e. The Morgan fingerprint density at radius 3 is 3.00 bits per heavy atom. The molecule has 2 heterocycles. The first-order valence-electron chi connectivity index (χ1n) is 5.79. The average Bonchev–Trinajstić information content (AvgIpc) is 2.77. The second-order valence-electron chi connectivity index (χ2n) is 4.27. The van der Waals surface area contributed by atoms with Crippen molar-refractivity contribution in [3.05, 3.63) is 59.8 Å². The van der Waals surface area contributed by atoms with E-state index in [1.54, 1.807) is 0 Å². The normalized spacial score (nSPS) is 16.9. The Balaban J connectivity index is 2.06. The molecule has 0 radical (unpaired) electrons. The lowest BCUT2D eigenvalue weighted by Gasteiger charge is -2.19. The lowest BCUT2D eigenvalue weighted by Crippen LogP contribution is -2.11. The first-order valence-corrected chi connectivity index (χ1v) is 6.61. The van der Waals surface area contributed by atoms with Gasteiger partial charge >= 0.3 is 0 Å². The van der Waals surface area contributed by atoms with Crippen molar-refractivity contribution in [3.63, 3.8) is 0 Å². The van der Waals surface area contributed by atoms with Gasteiger partial charge in [0.15, 0.2) is 0 Å². The minimum absolute atomic E-state index is 1.05. The van der Waals surface area contributed by atoms with E-state index < -0.39 is 0 Å². The highest BCUT2D eigenvalue weighted by atomic mass is 32.2. The number of fused-ring (bicyclic) bond motifs is 5. The minimum Gasteiger partial charge on any atom is -0.310 e. The summed E-state index contributed by atoms with van der Waals surface area (Å²) in [6.45, 7) is 0. The molecule has 0 aromatic heterocycles. The quantitative estimate of drug-likeness (QED) is 0.663. The van der Waals surface area contributed by atoms with Crippen LogP contribution in [0.2, 0.25) is 0 Å². The molecule has 0 amide bonds. The van der Waals surface area contributed by atoms with E-state index >= 15 is 0 Å². The third-order valence-corrected chi connectivity index (χ3v) is 4.36. The highest BCUT2D eigenvalue weighted by Gasteiger charge is 2.26. The van der Waals surface area contributed by atoms with Crippen molar-refractivity contribution >= 4 is 28.2 Å². The van der Waals surface area contributed by atoms with Gasteiger partial charge in [-0.05, 0) is 23.9 Å². The van der Waals surface area contributed by atoms with Crippen LogP contribution in [0.1, 0.15) is 6.42 Å². The number of thioether (sulfide) groups is 1. The van der Waals surface area contributed by atoms with Gasteiger partial charge in [0, 0.05) is 16.5 Å². The van der Waals surface area contributed by atoms with Crippen molar-refractivity contribution in [2.45, 2.75) is 11.3 Å². The van der Waals surface area contributed by atoms with Crippen molar-refractivity contribution in [2.75, 3.05) is 4.90 Å². The number of hydrogen-bond acceptors (Lipinski definition) is 2. The van der Waals surface area contributed by atoms with Crippen LogP contribution in [-0.4, -0.2) is 0 Å². The molecule has 17 heavy (non-hydrogen) atoms. The Bertz CT molecular complexity index is 670. The molecule has 1 nitrogen and oxygen atoms in total. The van der Waals surface area contributed by atoms with Gasteiger partial charge in [0.2, 0.25) is 0 Å². The maximum absolute atomic E-state index is 2.31. The van der Waals surface area contributed by atoms with Gasteiger partial charge in [0.1, 0.15) is 0 Å². The number of anilines is 1. The molecule has 0 spiro atoms. The number of hydrogen-bond donors (Lipinski definition) is 0. The molecular formula is C15H11NS. The van der Waals surface area contributed by atoms with Crippen LogP contribution in [0.25, 0.3) is 10.8 Å². The predicted octanol–water partition coefficient (Wildman–Crippen LogP) is 4.51. The Hall–Kier alpha value is -1.67. The molecular weight excluding hydrogens is 226 g/mol. The van der Waals surface area contributed by atoms with E-state index in [1.165, 1.54) is 26.4 Å². The van der Waals surface area contributed by atoms with Gasteiger partial charge in [-0.25, -0.2) is 0 Å². The fourth-order valence-electron chi connectivity index (χ4n) is 2.46. The number of rotatable bonds is 0. The molecule has 0 bridgehead atoms. The molecule has 0 aliphatic carbocycles. The first kappa shape index (κ1) is 9.37. The van der Waals surface area contributed by atoms with Crippen molar-refractivity contribution in [1.82, 2.24) is 0 Å². The predicted molar refractivity (Wildman–Crippen MR) is 74.1 cm³/mol. The van der Waals surface area contributed by atoms with Gasteiger partial charge in [-0.3, -0.25) is 0 Å². The fraction of sp³-hybridized carbons (Fsp3) is 0.0667. The van der Waals surface area contributed by atoms with Gasteiger partial charge in [0.05, 0.1) is 10.7 Å². The average molecular weight is 237 g/mol. The highest BCUT2D eigenvalue weighted by molar-refractivity contribution is 8.03. The van der Waals surface area contributed by atoms with E-state index in [-0.39, 0.29) is 0 Å². The molecule has 4 rings (SSSR count). The summed E-state index contributed by atoms with van der Waals surface area (Å²) in [5.41, 5.74) is 1.34. The zero-order valence-electron chi connectivity index (χ0n) is 9.26. The highest BCUT2D eigenvalue weighted by Crippen LogP contribution is 2.50. The summed E-state index contributed by atoms with van der Waals surface area (Å²) in [5.74, 6) is 0. The Labute approximate surface area is 104 Å². The zero-order valence-corrected chi connectivity index (χ0v) is 10.1. The van der Waals surface area contributed by atoms with Gasteiger partial charge in [-0.15, -0.1) is 0 Å². The fourth-order valence-corrected chi connectivity index (χ4v) is 3.56. The number of benzene rings is 2. The molecule has 2 heteroatoms. The summed E-state index contributed by atoms with van der Waals surface area (Å²) in [5, 5.41) is 4.00. The van der Waals surface area contributed by atoms with Crippen molar-refractivity contribution in [1.29, 1.82) is 0 Å². The molecule has 2 aromatic rings. The molecule has 2 aliphatic rings. The summed E-state index contributed by atoms with van der Waals surface area (Å²) < 4.78 is 0. The maximum atomic E-state index is 2.31. The van der Waals surface area contributed by atoms with Crippen LogP contribution < -0.4 is 4.90 Å². The molecule has 0 unspecified atom stereocenters. The smallest absolute Gasteiger partial charge is 0.0805 e. The third-order valence-electron chi connectivity index (χ3n) is 3.24. The van der Waals surface area contributed by atoms with E-state index in [4.69, 9.17) is 0 Å². The molecule has 2 aliphatic heterocycles. The Morgan fingerprint density at radius 1 is 1.06 bits per heavy atom. The molecule has 0 N–H and O–H groups in total. The molecule has 0 saturated heterocycles. The largest absolute Gasteiger partial charge is 0.310 e. The first-order chi connectivity index (χ1) is 8.43. The summed E-state index contributed by atoms with van der Waals surface area (Å²) >= 11 is 1.87. The lowest BCUT2D eigenvalue weighted by atomic mass is 10.1. The van der Waals surface area contributed by atoms with Crippen LogP contribution in [-0.2, 0) is 0 Å². The van der Waals surface area contributed by atoms with E-state index in [2.05, 4.69) is 59.7 Å². The second kappa shape index (κ2) is 3.41. The van der Waals surface area contributed by atoms with Crippen molar-refractivity contribution in [3.8, 4) is 0 Å². The molecule has 82 valence electrons. The topological polar surface area (TPSA) is 3.24 Å². The van der Waals surface area contributed by atoms with Crippen LogP contribution >= 0.6 is 11.8 Å². The monoisotopic (exact) mass is 237 g/mol. The molecule has 0 saturated carbocycles. The zero-order chi connectivity index (χ0) is 11.2. The van der Waals surface area contributed by atoms with Crippen LogP contribution in [0.3, 0.4) is 0 Å². The van der Waals surface area contributed by atoms with Crippen molar-refractivity contribution in [2.24, 2.45) is 0 Å². The van der Waals surface area contributed by atoms with Crippen LogP contribution in [0.4, 0.5) is 5.69 Å². The summed E-state index contributed by atoms with van der Waals surface area (Å²) in [6.07, 6.45) is 7.74. The molecule has 2 aromatic carbocycles. The van der Waals surface area contributed by atoms with Crippen LogP contribution in [0.5, 0.6) is 0 Å². The summed E-state index contributed by atoms with van der Waals surface area (Å²) in [4.78, 5) is 3.67. The van der Waals surface area contributed by atoms with E-state index in [0.29, 0.717) is 0 Å². The minimum atomic E-state index is 1.05. The Kier molecular flexibility index (Phi) is 1.88. The van der Waals surface area contributed by atoms with Gasteiger partial charge in [-0.2, -0.15) is 0 Å².